The molecule has 3 heterocycles. The van der Waals surface area contributed by atoms with Gasteiger partial charge in [-0.1, -0.05) is 18.2 Å². The van der Waals surface area contributed by atoms with Crippen molar-refractivity contribution < 1.29 is 13.9 Å². The molecule has 1 unspecified atom stereocenters. The Morgan fingerprint density at radius 1 is 1.20 bits per heavy atom. The van der Waals surface area contributed by atoms with Crippen molar-refractivity contribution in [2.45, 2.75) is 38.3 Å². The second-order valence-corrected chi connectivity index (χ2v) is 10.3. The number of para-hydroxylation sites is 1. The van der Waals surface area contributed by atoms with Crippen molar-refractivity contribution in [2.24, 2.45) is 5.73 Å². The number of aromatic nitrogens is 4. The summed E-state index contributed by atoms with van der Waals surface area (Å²) in [5.74, 6) is 0.152. The predicted octanol–water partition coefficient (Wildman–Crippen LogP) is 4.36. The molecule has 0 radical (unpaired) electrons. The van der Waals surface area contributed by atoms with Gasteiger partial charge in [-0.15, -0.1) is 0 Å². The van der Waals surface area contributed by atoms with E-state index in [2.05, 4.69) is 9.97 Å². The van der Waals surface area contributed by atoms with Crippen LogP contribution in [0.4, 0.5) is 10.2 Å². The van der Waals surface area contributed by atoms with Crippen molar-refractivity contribution in [3.05, 3.63) is 72.3 Å². The maximum atomic E-state index is 15.5. The molecule has 0 aliphatic carbocycles. The number of piperidine rings is 1. The van der Waals surface area contributed by atoms with Crippen LogP contribution in [0.5, 0.6) is 11.5 Å². The van der Waals surface area contributed by atoms with Crippen LogP contribution in [0.1, 0.15) is 32.7 Å². The Hall–Kier alpha value is -4.82. The lowest BCUT2D eigenvalue weighted by Gasteiger charge is -2.33. The number of benzene rings is 2. The molecule has 10 nitrogen and oxygen atoms in total. The third-order valence-corrected chi connectivity index (χ3v) is 6.59. The first-order valence-electron chi connectivity index (χ1n) is 12.9. The number of hydrogen-bond donors (Lipinski definition) is 2. The third-order valence-electron chi connectivity index (χ3n) is 6.59. The molecule has 11 heteroatoms. The van der Waals surface area contributed by atoms with Crippen LogP contribution < -0.4 is 16.2 Å². The Labute approximate surface area is 230 Å². The first-order chi connectivity index (χ1) is 19.1. The normalized spacial score (nSPS) is 16.1. The largest absolute Gasteiger partial charge is 0.457 e. The first-order valence-corrected chi connectivity index (χ1v) is 12.9. The molecule has 40 heavy (non-hydrogen) atoms. The van der Waals surface area contributed by atoms with Crippen molar-refractivity contribution >= 4 is 22.8 Å². The Bertz CT molecular complexity index is 1640. The number of carbonyl (C=O) groups excluding carboxylic acids is 1. The molecule has 1 atom stereocenters. The van der Waals surface area contributed by atoms with E-state index in [1.54, 1.807) is 47.7 Å². The van der Waals surface area contributed by atoms with Gasteiger partial charge in [0.25, 0.3) is 5.91 Å². The van der Waals surface area contributed by atoms with E-state index in [1.807, 2.05) is 24.3 Å². The molecule has 4 N–H and O–H groups in total. The van der Waals surface area contributed by atoms with Crippen LogP contribution in [0.3, 0.4) is 0 Å². The number of anilines is 1. The van der Waals surface area contributed by atoms with Gasteiger partial charge in [-0.05, 0) is 57.0 Å². The van der Waals surface area contributed by atoms with E-state index >= 15 is 4.39 Å². The van der Waals surface area contributed by atoms with Gasteiger partial charge in [0.1, 0.15) is 46.8 Å². The van der Waals surface area contributed by atoms with Crippen molar-refractivity contribution in [3.8, 4) is 28.8 Å². The number of hydrogen-bond acceptors (Lipinski definition) is 8. The van der Waals surface area contributed by atoms with Gasteiger partial charge in [-0.2, -0.15) is 10.4 Å². The van der Waals surface area contributed by atoms with Crippen molar-refractivity contribution in [1.29, 1.82) is 5.26 Å². The topological polar surface area (TPSA) is 149 Å². The van der Waals surface area contributed by atoms with Gasteiger partial charge >= 0.3 is 0 Å². The number of carbonyl (C=O) groups is 1. The molecule has 1 aliphatic heterocycles. The molecule has 2 aromatic heterocycles. The highest BCUT2D eigenvalue weighted by Gasteiger charge is 2.31. The summed E-state index contributed by atoms with van der Waals surface area (Å²) in [6.45, 7) is 4.21. The minimum Gasteiger partial charge on any atom is -0.457 e. The monoisotopic (exact) mass is 540 g/mol. The third kappa shape index (κ3) is 5.48. The average molecular weight is 541 g/mol. The van der Waals surface area contributed by atoms with E-state index in [0.29, 0.717) is 47.6 Å². The van der Waals surface area contributed by atoms with Gasteiger partial charge in [0.15, 0.2) is 5.65 Å². The Morgan fingerprint density at radius 3 is 2.67 bits per heavy atom. The zero-order valence-corrected chi connectivity index (χ0v) is 22.2. The summed E-state index contributed by atoms with van der Waals surface area (Å²) < 4.78 is 22.9. The molecule has 1 fully saturated rings. The highest BCUT2D eigenvalue weighted by Crippen LogP contribution is 2.36. The molecule has 0 bridgehead atoms. The average Bonchev–Trinajstić information content (AvgIpc) is 3.32. The maximum Gasteiger partial charge on any atom is 0.264 e. The fourth-order valence-electron chi connectivity index (χ4n) is 4.84. The molecule has 204 valence electrons. The second-order valence-electron chi connectivity index (χ2n) is 10.3. The number of rotatable bonds is 6. The lowest BCUT2D eigenvalue weighted by molar-refractivity contribution is -0.128. The molecule has 1 amide bonds. The molecular formula is C29H29FN8O2. The van der Waals surface area contributed by atoms with Crippen LogP contribution in [0.15, 0.2) is 66.5 Å². The smallest absolute Gasteiger partial charge is 0.264 e. The van der Waals surface area contributed by atoms with E-state index in [1.165, 1.54) is 18.5 Å². The van der Waals surface area contributed by atoms with Gasteiger partial charge in [0.05, 0.1) is 11.4 Å². The zero-order chi connectivity index (χ0) is 28.4. The number of amides is 1. The molecule has 4 aromatic rings. The number of ether oxygens (including phenoxy) is 1. The highest BCUT2D eigenvalue weighted by atomic mass is 19.1. The minimum atomic E-state index is -0.816. The van der Waals surface area contributed by atoms with Crippen LogP contribution in [0.25, 0.3) is 22.3 Å². The Balaban J connectivity index is 1.49. The number of nitrogens with two attached hydrogens (primary N) is 2. The van der Waals surface area contributed by atoms with Crippen molar-refractivity contribution in [3.63, 3.8) is 0 Å². The number of halogens is 1. The Morgan fingerprint density at radius 2 is 1.98 bits per heavy atom. The van der Waals surface area contributed by atoms with E-state index in [-0.39, 0.29) is 29.5 Å². The molecule has 1 saturated heterocycles. The van der Waals surface area contributed by atoms with Crippen molar-refractivity contribution in [2.75, 3.05) is 18.8 Å². The molecule has 2 aromatic carbocycles. The van der Waals surface area contributed by atoms with E-state index in [0.717, 1.165) is 0 Å². The SMILES string of the molecule is CC(C)(N)C=C(C#N)C(=O)N1CCCC(n2nc(-c3ccc(Oc4ccccc4)cc3F)c3c(N)ncnc32)C1. The number of nitrogen functional groups attached to an aromatic ring is 1. The maximum absolute atomic E-state index is 15.5. The minimum absolute atomic E-state index is 0.00869. The standard InChI is InChI=1S/C29H29FN8O2/c1-29(2,33)14-18(15-31)28(39)37-12-6-7-19(16-37)38-27-24(26(32)34-17-35-27)25(36-38)22-11-10-21(13-23(22)30)40-20-8-4-3-5-9-20/h3-5,8-11,13-14,17,19H,6-7,12,16,33H2,1-2H3,(H2,32,34,35). The quantitative estimate of drug-likeness (QED) is 0.271. The number of likely N-dealkylation sites (tertiary alicyclic amines) is 1. The van der Waals surface area contributed by atoms with Gasteiger partial charge in [0, 0.05) is 30.3 Å². The number of nitriles is 1. The molecule has 0 spiro atoms. The molecule has 1 aliphatic rings. The second kappa shape index (κ2) is 10.7. The molecule has 5 rings (SSSR count). The van der Waals surface area contributed by atoms with E-state index < -0.39 is 17.3 Å². The van der Waals surface area contributed by atoms with Crippen LogP contribution >= 0.6 is 0 Å². The summed E-state index contributed by atoms with van der Waals surface area (Å²) in [6.07, 6.45) is 4.18. The van der Waals surface area contributed by atoms with Crippen LogP contribution in [-0.4, -0.2) is 49.2 Å². The summed E-state index contributed by atoms with van der Waals surface area (Å²) >= 11 is 0. The zero-order valence-electron chi connectivity index (χ0n) is 22.2. The highest BCUT2D eigenvalue weighted by molar-refractivity contribution is 5.99. The lowest BCUT2D eigenvalue weighted by Crippen LogP contribution is -2.42. The summed E-state index contributed by atoms with van der Waals surface area (Å²) in [7, 11) is 0. The van der Waals surface area contributed by atoms with Crippen LogP contribution in [0.2, 0.25) is 0 Å². The first kappa shape index (κ1) is 26.8. The van der Waals surface area contributed by atoms with Gasteiger partial charge < -0.3 is 21.1 Å². The van der Waals surface area contributed by atoms with Crippen LogP contribution in [-0.2, 0) is 4.79 Å². The van der Waals surface area contributed by atoms with E-state index in [4.69, 9.17) is 21.3 Å². The summed E-state index contributed by atoms with van der Waals surface area (Å²) in [5.41, 5.74) is 12.4. The number of nitrogens with zero attached hydrogens (tertiary/aromatic N) is 6. The molecular weight excluding hydrogens is 511 g/mol. The van der Waals surface area contributed by atoms with Gasteiger partial charge in [-0.25, -0.2) is 19.0 Å². The summed E-state index contributed by atoms with van der Waals surface area (Å²) in [6, 6.07) is 15.3. The lowest BCUT2D eigenvalue weighted by atomic mass is 10.0. The predicted molar refractivity (Wildman–Crippen MR) is 148 cm³/mol. The van der Waals surface area contributed by atoms with Crippen molar-refractivity contribution in [1.82, 2.24) is 24.6 Å². The van der Waals surface area contributed by atoms with Crippen LogP contribution in [0, 0.1) is 17.1 Å². The van der Waals surface area contributed by atoms with Gasteiger partial charge in [-0.3, -0.25) is 4.79 Å². The van der Waals surface area contributed by atoms with E-state index in [9.17, 15) is 10.1 Å². The summed E-state index contributed by atoms with van der Waals surface area (Å²) in [4.78, 5) is 23.3. The molecule has 0 saturated carbocycles. The number of fused-ring (bicyclic) bond motifs is 1. The summed E-state index contributed by atoms with van der Waals surface area (Å²) in [5, 5.41) is 14.8. The fraction of sp³-hybridized carbons (Fsp3) is 0.276. The van der Waals surface area contributed by atoms with Gasteiger partial charge in [0.2, 0.25) is 0 Å². The Kier molecular flexibility index (Phi) is 7.19. The fourth-order valence-corrected chi connectivity index (χ4v) is 4.84.